The van der Waals surface area contributed by atoms with Gasteiger partial charge in [0.2, 0.25) is 15.9 Å². The Bertz CT molecular complexity index is 663. The minimum atomic E-state index is -3.67. The van der Waals surface area contributed by atoms with Crippen molar-refractivity contribution in [2.75, 3.05) is 13.1 Å². The van der Waals surface area contributed by atoms with Crippen LogP contribution in [0.5, 0.6) is 0 Å². The lowest BCUT2D eigenvalue weighted by atomic mass is 10.2. The zero-order valence-electron chi connectivity index (χ0n) is 11.8. The highest BCUT2D eigenvalue weighted by atomic mass is 79.9. The van der Waals surface area contributed by atoms with Crippen LogP contribution >= 0.6 is 15.9 Å². The van der Waals surface area contributed by atoms with Crippen LogP contribution in [0.15, 0.2) is 27.6 Å². The molecule has 1 fully saturated rings. The van der Waals surface area contributed by atoms with Crippen molar-refractivity contribution in [1.29, 1.82) is 0 Å². The largest absolute Gasteiger partial charge is 0.366 e. The van der Waals surface area contributed by atoms with Crippen LogP contribution in [0.25, 0.3) is 0 Å². The lowest BCUT2D eigenvalue weighted by Crippen LogP contribution is -2.56. The number of rotatable bonds is 3. The number of halogens is 1. The number of benzene rings is 1. The topological polar surface area (TPSA) is 92.5 Å². The molecular formula is C13H18BrN3O3S. The predicted molar refractivity (Wildman–Crippen MR) is 83.5 cm³/mol. The molecule has 116 valence electrons. The quantitative estimate of drug-likeness (QED) is 0.821. The fraction of sp³-hybridized carbons (Fsp3) is 0.462. The van der Waals surface area contributed by atoms with E-state index in [1.165, 1.54) is 22.5 Å². The maximum atomic E-state index is 12.8. The van der Waals surface area contributed by atoms with Gasteiger partial charge in [0.25, 0.3) is 0 Å². The number of carbonyl (C=O) groups is 1. The van der Waals surface area contributed by atoms with Gasteiger partial charge in [0.1, 0.15) is 0 Å². The summed E-state index contributed by atoms with van der Waals surface area (Å²) in [5, 5.41) is 3.24. The SMILES string of the molecule is CC1CN(S(=O)(=O)c2cc(Br)cc(C(N)=O)c2)C(C)CN1. The summed E-state index contributed by atoms with van der Waals surface area (Å²) < 4.78 is 27.6. The second-order valence-corrected chi connectivity index (χ2v) is 8.08. The molecule has 2 atom stereocenters. The van der Waals surface area contributed by atoms with E-state index in [1.54, 1.807) is 0 Å². The van der Waals surface area contributed by atoms with Crippen LogP contribution in [0.3, 0.4) is 0 Å². The molecule has 1 aromatic carbocycles. The van der Waals surface area contributed by atoms with E-state index in [0.717, 1.165) is 0 Å². The first kappa shape index (κ1) is 16.4. The molecule has 1 amide bonds. The number of hydrogen-bond acceptors (Lipinski definition) is 4. The molecule has 2 rings (SSSR count). The fourth-order valence-corrected chi connectivity index (χ4v) is 4.75. The summed E-state index contributed by atoms with van der Waals surface area (Å²) in [5.74, 6) is -0.658. The van der Waals surface area contributed by atoms with Gasteiger partial charge in [-0.1, -0.05) is 15.9 Å². The first-order valence-corrected chi connectivity index (χ1v) is 8.80. The molecule has 0 aliphatic carbocycles. The van der Waals surface area contributed by atoms with Crippen molar-refractivity contribution < 1.29 is 13.2 Å². The van der Waals surface area contributed by atoms with Crippen LogP contribution in [0.4, 0.5) is 0 Å². The molecule has 1 aliphatic heterocycles. The van der Waals surface area contributed by atoms with Crippen LogP contribution in [0.1, 0.15) is 24.2 Å². The van der Waals surface area contributed by atoms with Crippen LogP contribution in [-0.2, 0) is 10.0 Å². The molecule has 0 radical (unpaired) electrons. The Labute approximate surface area is 132 Å². The van der Waals surface area contributed by atoms with E-state index >= 15 is 0 Å². The van der Waals surface area contributed by atoms with Crippen molar-refractivity contribution >= 4 is 31.9 Å². The van der Waals surface area contributed by atoms with Gasteiger partial charge < -0.3 is 11.1 Å². The Hall–Kier alpha value is -0.960. The lowest BCUT2D eigenvalue weighted by molar-refractivity contribution is 0.1000. The number of nitrogens with one attached hydrogen (secondary N) is 1. The molecule has 8 heteroatoms. The fourth-order valence-electron chi connectivity index (χ4n) is 2.31. The van der Waals surface area contributed by atoms with E-state index in [-0.39, 0.29) is 22.5 Å². The second kappa shape index (κ2) is 6.04. The highest BCUT2D eigenvalue weighted by Gasteiger charge is 2.33. The molecule has 1 saturated heterocycles. The van der Waals surface area contributed by atoms with Gasteiger partial charge in [-0.3, -0.25) is 4.79 Å². The molecular weight excluding hydrogens is 358 g/mol. The van der Waals surface area contributed by atoms with Gasteiger partial charge in [-0.15, -0.1) is 0 Å². The predicted octanol–water partition coefficient (Wildman–Crippen LogP) is 0.919. The maximum absolute atomic E-state index is 12.8. The third-order valence-corrected chi connectivity index (χ3v) is 5.89. The van der Waals surface area contributed by atoms with Crippen molar-refractivity contribution in [2.45, 2.75) is 30.8 Å². The van der Waals surface area contributed by atoms with Gasteiger partial charge >= 0.3 is 0 Å². The van der Waals surface area contributed by atoms with Crippen molar-refractivity contribution in [3.8, 4) is 0 Å². The minimum Gasteiger partial charge on any atom is -0.366 e. The van der Waals surface area contributed by atoms with Gasteiger partial charge in [-0.25, -0.2) is 8.42 Å². The first-order chi connectivity index (χ1) is 9.71. The number of amides is 1. The number of nitrogens with two attached hydrogens (primary N) is 1. The Kier molecular flexibility index (Phi) is 4.72. The number of carbonyl (C=O) groups excluding carboxylic acids is 1. The van der Waals surface area contributed by atoms with Crippen LogP contribution < -0.4 is 11.1 Å². The van der Waals surface area contributed by atoms with Gasteiger partial charge in [0.15, 0.2) is 0 Å². The van der Waals surface area contributed by atoms with E-state index in [0.29, 0.717) is 17.6 Å². The zero-order chi connectivity index (χ0) is 15.8. The van der Waals surface area contributed by atoms with Crippen molar-refractivity contribution in [2.24, 2.45) is 5.73 Å². The molecule has 1 aromatic rings. The van der Waals surface area contributed by atoms with Crippen LogP contribution in [0, 0.1) is 0 Å². The number of piperazine rings is 1. The standard InChI is InChI=1S/C13H18BrN3O3S/c1-8-7-17(9(2)6-16-8)21(19,20)12-4-10(13(15)18)3-11(14)5-12/h3-5,8-9,16H,6-7H2,1-2H3,(H2,15,18). The molecule has 0 aromatic heterocycles. The Morgan fingerprint density at radius 2 is 2.05 bits per heavy atom. The van der Waals surface area contributed by atoms with Gasteiger partial charge in [-0.05, 0) is 32.0 Å². The highest BCUT2D eigenvalue weighted by molar-refractivity contribution is 9.10. The third kappa shape index (κ3) is 3.45. The molecule has 1 heterocycles. The average molecular weight is 376 g/mol. The summed E-state index contributed by atoms with van der Waals surface area (Å²) in [6.45, 7) is 4.77. The number of nitrogens with zero attached hydrogens (tertiary/aromatic N) is 1. The molecule has 0 bridgehead atoms. The van der Waals surface area contributed by atoms with E-state index in [9.17, 15) is 13.2 Å². The first-order valence-electron chi connectivity index (χ1n) is 6.57. The average Bonchev–Trinajstić information content (AvgIpc) is 2.40. The third-order valence-electron chi connectivity index (χ3n) is 3.47. The van der Waals surface area contributed by atoms with E-state index in [1.807, 2.05) is 13.8 Å². The van der Waals surface area contributed by atoms with E-state index < -0.39 is 15.9 Å². The Balaban J connectivity index is 2.46. The Morgan fingerprint density at radius 1 is 1.38 bits per heavy atom. The summed E-state index contributed by atoms with van der Waals surface area (Å²) in [6.07, 6.45) is 0. The summed E-state index contributed by atoms with van der Waals surface area (Å²) in [5.41, 5.74) is 5.41. The van der Waals surface area contributed by atoms with Gasteiger partial charge in [0, 0.05) is 35.2 Å². The second-order valence-electron chi connectivity index (χ2n) is 5.27. The molecule has 1 aliphatic rings. The molecule has 0 spiro atoms. The van der Waals surface area contributed by atoms with Crippen LogP contribution in [-0.4, -0.2) is 43.8 Å². The molecule has 2 unspecified atom stereocenters. The minimum absolute atomic E-state index is 0.0756. The molecule has 6 nitrogen and oxygen atoms in total. The summed E-state index contributed by atoms with van der Waals surface area (Å²) in [7, 11) is -3.67. The molecule has 3 N–H and O–H groups in total. The summed E-state index contributed by atoms with van der Waals surface area (Å²) in [4.78, 5) is 11.4. The monoisotopic (exact) mass is 375 g/mol. The number of sulfonamides is 1. The Morgan fingerprint density at radius 3 is 2.67 bits per heavy atom. The van der Waals surface area contributed by atoms with Gasteiger partial charge in [0.05, 0.1) is 4.90 Å². The lowest BCUT2D eigenvalue weighted by Gasteiger charge is -2.36. The van der Waals surface area contributed by atoms with Crippen molar-refractivity contribution in [3.05, 3.63) is 28.2 Å². The number of primary amides is 1. The highest BCUT2D eigenvalue weighted by Crippen LogP contribution is 2.25. The molecule has 0 saturated carbocycles. The van der Waals surface area contributed by atoms with Gasteiger partial charge in [-0.2, -0.15) is 4.31 Å². The maximum Gasteiger partial charge on any atom is 0.248 e. The van der Waals surface area contributed by atoms with Crippen molar-refractivity contribution in [1.82, 2.24) is 9.62 Å². The van der Waals surface area contributed by atoms with Crippen molar-refractivity contribution in [3.63, 3.8) is 0 Å². The zero-order valence-corrected chi connectivity index (χ0v) is 14.2. The van der Waals surface area contributed by atoms with E-state index in [2.05, 4.69) is 21.2 Å². The normalized spacial score (nSPS) is 24.0. The summed E-state index contributed by atoms with van der Waals surface area (Å²) in [6, 6.07) is 4.25. The van der Waals surface area contributed by atoms with E-state index in [4.69, 9.17) is 5.73 Å². The molecule has 21 heavy (non-hydrogen) atoms. The number of hydrogen-bond donors (Lipinski definition) is 2. The summed E-state index contributed by atoms with van der Waals surface area (Å²) >= 11 is 3.22. The van der Waals surface area contributed by atoms with Crippen LogP contribution in [0.2, 0.25) is 0 Å². The smallest absolute Gasteiger partial charge is 0.248 e.